The van der Waals surface area contributed by atoms with Gasteiger partial charge in [-0.2, -0.15) is 0 Å². The summed E-state index contributed by atoms with van der Waals surface area (Å²) in [4.78, 5) is 4.74. The highest BCUT2D eigenvalue weighted by Crippen LogP contribution is 2.39. The summed E-state index contributed by atoms with van der Waals surface area (Å²) in [6.07, 6.45) is 4.58. The van der Waals surface area contributed by atoms with Crippen molar-refractivity contribution in [2.45, 2.75) is 27.7 Å². The zero-order valence-corrected chi connectivity index (χ0v) is 30.4. The normalized spacial score (nSPS) is 11.7. The van der Waals surface area contributed by atoms with Crippen LogP contribution in [0.15, 0.2) is 182 Å². The van der Waals surface area contributed by atoms with E-state index in [4.69, 9.17) is 0 Å². The second-order valence-corrected chi connectivity index (χ2v) is 13.5. The Labute approximate surface area is 309 Å². The lowest BCUT2D eigenvalue weighted by Gasteiger charge is -2.30. The lowest BCUT2D eigenvalue weighted by atomic mass is 10.00. The quantitative estimate of drug-likeness (QED) is 0.133. The molecule has 0 atom stereocenters. The summed E-state index contributed by atoms with van der Waals surface area (Å²) in [6.45, 7) is 8.54. The van der Waals surface area contributed by atoms with Crippen LogP contribution < -0.4 is 9.80 Å². The van der Waals surface area contributed by atoms with Gasteiger partial charge in [0.2, 0.25) is 0 Å². The molecular formula is C50H44N2. The Morgan fingerprint density at radius 2 is 0.558 bits per heavy atom. The highest BCUT2D eigenvalue weighted by molar-refractivity contribution is 5.98. The molecule has 0 aliphatic rings. The molecule has 0 saturated carbocycles. The molecule has 0 aliphatic heterocycles. The van der Waals surface area contributed by atoms with E-state index in [2.05, 4.69) is 232 Å². The van der Waals surface area contributed by atoms with Crippen molar-refractivity contribution in [1.82, 2.24) is 0 Å². The minimum atomic E-state index is 1.09. The van der Waals surface area contributed by atoms with Crippen LogP contribution in [0.1, 0.15) is 44.5 Å². The van der Waals surface area contributed by atoms with E-state index in [1.54, 1.807) is 0 Å². The number of rotatable bonds is 10. The molecule has 7 rings (SSSR count). The lowest BCUT2D eigenvalue weighted by Crippen LogP contribution is -2.17. The predicted molar refractivity (Wildman–Crippen MR) is 224 cm³/mol. The Morgan fingerprint density at radius 3 is 0.808 bits per heavy atom. The summed E-state index contributed by atoms with van der Waals surface area (Å²) >= 11 is 0. The van der Waals surface area contributed by atoms with Crippen LogP contribution in [0.2, 0.25) is 0 Å². The molecule has 0 fully saturated rings. The van der Waals surface area contributed by atoms with Crippen LogP contribution in [0.3, 0.4) is 0 Å². The number of nitrogens with zero attached hydrogens (tertiary/aromatic N) is 2. The van der Waals surface area contributed by atoms with Crippen LogP contribution in [0.5, 0.6) is 0 Å². The molecule has 2 heteroatoms. The van der Waals surface area contributed by atoms with E-state index in [1.165, 1.54) is 22.3 Å². The molecule has 0 heterocycles. The molecule has 0 aliphatic carbocycles. The number of benzene rings is 7. The van der Waals surface area contributed by atoms with Gasteiger partial charge in [0.15, 0.2) is 0 Å². The Morgan fingerprint density at radius 1 is 0.308 bits per heavy atom. The van der Waals surface area contributed by atoms with E-state index < -0.39 is 0 Å². The number of anilines is 4. The van der Waals surface area contributed by atoms with Crippen molar-refractivity contribution in [3.05, 3.63) is 226 Å². The van der Waals surface area contributed by atoms with Gasteiger partial charge in [0.1, 0.15) is 0 Å². The van der Waals surface area contributed by atoms with E-state index in [0.717, 1.165) is 56.4 Å². The van der Waals surface area contributed by atoms with Gasteiger partial charge >= 0.3 is 0 Å². The van der Waals surface area contributed by atoms with Crippen LogP contribution >= 0.6 is 0 Å². The largest absolute Gasteiger partial charge is 0.310 e. The molecule has 0 aromatic heterocycles. The standard InChI is InChI=1S/C50H44N2/c1-37-15-27-45(28-16-37)51(46-29-17-38(2)18-30-46)49(35-41-11-7-5-8-12-41)43-23-25-44(26-24-43)50(36-42-13-9-6-10-14-42)52(47-31-19-39(3)20-32-47)48-33-21-40(4)22-34-48/h5-36H,1-4H3. The van der Waals surface area contributed by atoms with Gasteiger partial charge in [-0.25, -0.2) is 0 Å². The number of hydrogen-bond acceptors (Lipinski definition) is 2. The topological polar surface area (TPSA) is 6.48 Å². The zero-order valence-electron chi connectivity index (χ0n) is 30.4. The maximum Gasteiger partial charge on any atom is 0.0539 e. The first-order valence-corrected chi connectivity index (χ1v) is 17.9. The van der Waals surface area contributed by atoms with Crippen LogP contribution in [-0.2, 0) is 0 Å². The molecule has 0 unspecified atom stereocenters. The van der Waals surface area contributed by atoms with Gasteiger partial charge in [0.05, 0.1) is 11.4 Å². The fourth-order valence-electron chi connectivity index (χ4n) is 6.41. The maximum atomic E-state index is 2.37. The third-order valence-electron chi connectivity index (χ3n) is 9.33. The molecule has 0 radical (unpaired) electrons. The average molecular weight is 673 g/mol. The highest BCUT2D eigenvalue weighted by Gasteiger charge is 2.20. The molecule has 0 spiro atoms. The molecule has 7 aromatic carbocycles. The minimum Gasteiger partial charge on any atom is -0.310 e. The van der Waals surface area contributed by atoms with E-state index in [9.17, 15) is 0 Å². The first kappa shape index (κ1) is 34.1. The Kier molecular flexibility index (Phi) is 10.3. The number of aryl methyl sites for hydroxylation is 4. The lowest BCUT2D eigenvalue weighted by molar-refractivity contribution is 1.27. The van der Waals surface area contributed by atoms with Gasteiger partial charge in [-0.3, -0.25) is 0 Å². The van der Waals surface area contributed by atoms with E-state index in [0.29, 0.717) is 0 Å². The third-order valence-corrected chi connectivity index (χ3v) is 9.33. The summed E-state index contributed by atoms with van der Waals surface area (Å²) in [5.74, 6) is 0. The van der Waals surface area contributed by atoms with Crippen molar-refractivity contribution in [2.24, 2.45) is 0 Å². The molecule has 0 bridgehead atoms. The van der Waals surface area contributed by atoms with Gasteiger partial charge < -0.3 is 9.80 Å². The second kappa shape index (κ2) is 15.7. The monoisotopic (exact) mass is 672 g/mol. The zero-order chi connectivity index (χ0) is 35.9. The van der Waals surface area contributed by atoms with Crippen molar-refractivity contribution in [3.8, 4) is 0 Å². The van der Waals surface area contributed by atoms with Gasteiger partial charge in [-0.1, -0.05) is 156 Å². The Bertz CT molecular complexity index is 2010. The van der Waals surface area contributed by atoms with Gasteiger partial charge in [-0.05, 0) is 111 Å². The summed E-state index contributed by atoms with van der Waals surface area (Å²) in [5, 5.41) is 0. The first-order chi connectivity index (χ1) is 25.4. The number of hydrogen-bond donors (Lipinski definition) is 0. The van der Waals surface area contributed by atoms with Crippen LogP contribution in [0.4, 0.5) is 22.7 Å². The summed E-state index contributed by atoms with van der Waals surface area (Å²) in [7, 11) is 0. The van der Waals surface area contributed by atoms with Crippen molar-refractivity contribution >= 4 is 46.3 Å². The Balaban J connectivity index is 1.40. The third kappa shape index (κ3) is 7.98. The molecular weight excluding hydrogens is 629 g/mol. The van der Waals surface area contributed by atoms with E-state index in [-0.39, 0.29) is 0 Å². The van der Waals surface area contributed by atoms with Gasteiger partial charge in [0.25, 0.3) is 0 Å². The molecule has 0 N–H and O–H groups in total. The van der Waals surface area contributed by atoms with Gasteiger partial charge in [-0.15, -0.1) is 0 Å². The summed E-state index contributed by atoms with van der Waals surface area (Å²) in [5.41, 5.74) is 16.0. The fourth-order valence-corrected chi connectivity index (χ4v) is 6.41. The van der Waals surface area contributed by atoms with Crippen molar-refractivity contribution in [3.63, 3.8) is 0 Å². The van der Waals surface area contributed by atoms with Crippen molar-refractivity contribution in [2.75, 3.05) is 9.80 Å². The fraction of sp³-hybridized carbons (Fsp3) is 0.0800. The maximum absolute atomic E-state index is 2.37. The first-order valence-electron chi connectivity index (χ1n) is 17.9. The SMILES string of the molecule is Cc1ccc(N(C(=Cc2ccccc2)c2ccc(C(=Cc3ccccc3)N(c3ccc(C)cc3)c3ccc(C)cc3)cc2)c2ccc(C)cc2)cc1. The minimum absolute atomic E-state index is 1.09. The van der Waals surface area contributed by atoms with Crippen LogP contribution in [0, 0.1) is 27.7 Å². The van der Waals surface area contributed by atoms with Gasteiger partial charge in [0, 0.05) is 22.7 Å². The predicted octanol–water partition coefficient (Wildman–Crippen LogP) is 13.6. The van der Waals surface area contributed by atoms with Crippen molar-refractivity contribution in [1.29, 1.82) is 0 Å². The highest BCUT2D eigenvalue weighted by atomic mass is 15.2. The molecule has 0 amide bonds. The molecule has 0 saturated heterocycles. The van der Waals surface area contributed by atoms with Crippen LogP contribution in [-0.4, -0.2) is 0 Å². The van der Waals surface area contributed by atoms with E-state index in [1.807, 2.05) is 0 Å². The summed E-state index contributed by atoms with van der Waals surface area (Å²) in [6, 6.07) is 65.4. The molecule has 52 heavy (non-hydrogen) atoms. The second-order valence-electron chi connectivity index (χ2n) is 13.5. The average Bonchev–Trinajstić information content (AvgIpc) is 3.18. The molecule has 254 valence electrons. The molecule has 2 nitrogen and oxygen atoms in total. The smallest absolute Gasteiger partial charge is 0.0539 e. The van der Waals surface area contributed by atoms with Crippen molar-refractivity contribution < 1.29 is 0 Å². The summed E-state index contributed by atoms with van der Waals surface area (Å²) < 4.78 is 0. The Hall–Kier alpha value is -6.38. The van der Waals surface area contributed by atoms with E-state index >= 15 is 0 Å². The molecule has 7 aromatic rings. The van der Waals surface area contributed by atoms with Crippen LogP contribution in [0.25, 0.3) is 23.5 Å².